The molecule has 0 saturated heterocycles. The molecule has 1 aliphatic carbocycles. The number of anilines is 1. The van der Waals surface area contributed by atoms with Crippen molar-refractivity contribution in [2.45, 2.75) is 31.9 Å². The van der Waals surface area contributed by atoms with Gasteiger partial charge in [-0.25, -0.2) is 0 Å². The van der Waals surface area contributed by atoms with E-state index in [2.05, 4.69) is 10.3 Å². The predicted octanol–water partition coefficient (Wildman–Crippen LogP) is 1.74. The zero-order valence-electron chi connectivity index (χ0n) is 10.5. The van der Waals surface area contributed by atoms with E-state index in [9.17, 15) is 0 Å². The first kappa shape index (κ1) is 12.3. The number of hydrogen-bond acceptors (Lipinski definition) is 4. The van der Waals surface area contributed by atoms with Crippen LogP contribution in [0, 0.1) is 5.92 Å². The lowest BCUT2D eigenvalue weighted by Gasteiger charge is -2.27. The fourth-order valence-corrected chi connectivity index (χ4v) is 2.30. The van der Waals surface area contributed by atoms with Crippen LogP contribution in [0.25, 0.3) is 0 Å². The average Bonchev–Trinajstić information content (AvgIpc) is 3.15. The summed E-state index contributed by atoms with van der Waals surface area (Å²) in [5.74, 6) is 0.659. The van der Waals surface area contributed by atoms with Crippen molar-refractivity contribution >= 4 is 5.69 Å². The Labute approximate surface area is 103 Å². The highest BCUT2D eigenvalue weighted by atomic mass is 16.5. The zero-order valence-corrected chi connectivity index (χ0v) is 10.5. The Kier molecular flexibility index (Phi) is 3.97. The molecule has 4 heteroatoms. The minimum atomic E-state index is 0.135. The Morgan fingerprint density at radius 3 is 2.88 bits per heavy atom. The Balaban J connectivity index is 2.21. The van der Waals surface area contributed by atoms with Crippen LogP contribution in [-0.2, 0) is 4.74 Å². The van der Waals surface area contributed by atoms with Crippen molar-refractivity contribution in [1.29, 1.82) is 0 Å². The number of ether oxygens (including phenoxy) is 1. The van der Waals surface area contributed by atoms with E-state index in [1.807, 2.05) is 26.2 Å². The first-order valence-electron chi connectivity index (χ1n) is 6.26. The average molecular weight is 235 g/mol. The molecule has 94 valence electrons. The SMILES string of the molecule is CCOC(C1CC1)C(NC)c1cnccc1N. The maximum atomic E-state index is 6.02. The molecule has 0 spiro atoms. The molecule has 17 heavy (non-hydrogen) atoms. The zero-order chi connectivity index (χ0) is 12.3. The van der Waals surface area contributed by atoms with Crippen molar-refractivity contribution < 1.29 is 4.74 Å². The van der Waals surface area contributed by atoms with Gasteiger partial charge in [0, 0.05) is 30.3 Å². The summed E-state index contributed by atoms with van der Waals surface area (Å²) in [6, 6.07) is 1.98. The van der Waals surface area contributed by atoms with Gasteiger partial charge in [0.1, 0.15) is 0 Å². The third-order valence-electron chi connectivity index (χ3n) is 3.31. The summed E-state index contributed by atoms with van der Waals surface area (Å²) in [6.45, 7) is 2.77. The van der Waals surface area contributed by atoms with Gasteiger partial charge in [-0.05, 0) is 38.8 Å². The second-order valence-corrected chi connectivity index (χ2v) is 4.53. The summed E-state index contributed by atoms with van der Waals surface area (Å²) < 4.78 is 5.88. The van der Waals surface area contributed by atoms with Crippen molar-refractivity contribution in [3.8, 4) is 0 Å². The standard InChI is InChI=1S/C13H21N3O/c1-3-17-13(9-4-5-9)12(15-2)10-8-16-7-6-11(10)14/h6-9,12-13,15H,3-5H2,1-2H3,(H2,14,16). The minimum Gasteiger partial charge on any atom is -0.398 e. The summed E-state index contributed by atoms with van der Waals surface area (Å²) in [6.07, 6.45) is 6.27. The molecule has 2 unspecified atom stereocenters. The largest absolute Gasteiger partial charge is 0.398 e. The first-order valence-corrected chi connectivity index (χ1v) is 6.26. The molecule has 2 rings (SSSR count). The number of nitrogens with two attached hydrogens (primary N) is 1. The monoisotopic (exact) mass is 235 g/mol. The second kappa shape index (κ2) is 5.47. The van der Waals surface area contributed by atoms with Crippen LogP contribution < -0.4 is 11.1 Å². The van der Waals surface area contributed by atoms with Gasteiger partial charge in [-0.3, -0.25) is 4.98 Å². The molecular formula is C13H21N3O. The summed E-state index contributed by atoms with van der Waals surface area (Å²) >= 11 is 0. The van der Waals surface area contributed by atoms with Gasteiger partial charge in [0.05, 0.1) is 12.1 Å². The van der Waals surface area contributed by atoms with E-state index in [1.165, 1.54) is 12.8 Å². The van der Waals surface area contributed by atoms with Gasteiger partial charge < -0.3 is 15.8 Å². The molecule has 0 aliphatic heterocycles. The topological polar surface area (TPSA) is 60.2 Å². The Morgan fingerprint density at radius 2 is 2.35 bits per heavy atom. The van der Waals surface area contributed by atoms with E-state index >= 15 is 0 Å². The van der Waals surface area contributed by atoms with Crippen molar-refractivity contribution in [1.82, 2.24) is 10.3 Å². The van der Waals surface area contributed by atoms with Crippen LogP contribution >= 0.6 is 0 Å². The van der Waals surface area contributed by atoms with E-state index < -0.39 is 0 Å². The summed E-state index contributed by atoms with van der Waals surface area (Å²) in [5.41, 5.74) is 7.84. The Bertz CT molecular complexity index is 365. The normalized spacial score (nSPS) is 18.9. The van der Waals surface area contributed by atoms with Gasteiger partial charge in [-0.15, -0.1) is 0 Å². The van der Waals surface area contributed by atoms with Crippen LogP contribution in [0.3, 0.4) is 0 Å². The van der Waals surface area contributed by atoms with Gasteiger partial charge in [0.2, 0.25) is 0 Å². The summed E-state index contributed by atoms with van der Waals surface area (Å²) in [7, 11) is 1.95. The van der Waals surface area contributed by atoms with Crippen molar-refractivity contribution in [2.75, 3.05) is 19.4 Å². The van der Waals surface area contributed by atoms with Gasteiger partial charge in [-0.2, -0.15) is 0 Å². The van der Waals surface area contributed by atoms with Gasteiger partial charge >= 0.3 is 0 Å². The van der Waals surface area contributed by atoms with Crippen LogP contribution in [0.5, 0.6) is 0 Å². The molecule has 0 aromatic carbocycles. The van der Waals surface area contributed by atoms with Crippen molar-refractivity contribution in [3.05, 3.63) is 24.0 Å². The second-order valence-electron chi connectivity index (χ2n) is 4.53. The Hall–Kier alpha value is -1.13. The first-order chi connectivity index (χ1) is 8.27. The predicted molar refractivity (Wildman–Crippen MR) is 68.6 cm³/mol. The maximum absolute atomic E-state index is 6.02. The third kappa shape index (κ3) is 2.76. The highest BCUT2D eigenvalue weighted by Crippen LogP contribution is 2.40. The van der Waals surface area contributed by atoms with E-state index in [0.29, 0.717) is 5.92 Å². The molecule has 1 fully saturated rings. The van der Waals surface area contributed by atoms with Crippen LogP contribution in [0.1, 0.15) is 31.4 Å². The third-order valence-corrected chi connectivity index (χ3v) is 3.31. The number of hydrogen-bond donors (Lipinski definition) is 2. The molecule has 1 aromatic rings. The molecule has 0 amide bonds. The molecule has 1 heterocycles. The lowest BCUT2D eigenvalue weighted by molar-refractivity contribution is 0.0205. The Morgan fingerprint density at radius 1 is 1.59 bits per heavy atom. The molecule has 4 nitrogen and oxygen atoms in total. The molecule has 1 saturated carbocycles. The van der Waals surface area contributed by atoms with Crippen molar-refractivity contribution in [2.24, 2.45) is 5.92 Å². The molecule has 1 aliphatic rings. The lowest BCUT2D eigenvalue weighted by Crippen LogP contribution is -2.34. The van der Waals surface area contributed by atoms with Gasteiger partial charge in [0.25, 0.3) is 0 Å². The summed E-state index contributed by atoms with van der Waals surface area (Å²) in [5, 5.41) is 3.32. The molecule has 1 aromatic heterocycles. The molecule has 3 N–H and O–H groups in total. The maximum Gasteiger partial charge on any atom is 0.0798 e. The van der Waals surface area contributed by atoms with Crippen LogP contribution in [0.15, 0.2) is 18.5 Å². The number of aromatic nitrogens is 1. The van der Waals surface area contributed by atoms with Crippen LogP contribution in [0.2, 0.25) is 0 Å². The van der Waals surface area contributed by atoms with E-state index in [-0.39, 0.29) is 12.1 Å². The number of nitrogen functional groups attached to an aromatic ring is 1. The molecular weight excluding hydrogens is 214 g/mol. The number of pyridine rings is 1. The molecule has 0 radical (unpaired) electrons. The number of rotatable bonds is 6. The van der Waals surface area contributed by atoms with E-state index in [0.717, 1.165) is 17.9 Å². The van der Waals surface area contributed by atoms with E-state index in [4.69, 9.17) is 10.5 Å². The van der Waals surface area contributed by atoms with Crippen LogP contribution in [0.4, 0.5) is 5.69 Å². The van der Waals surface area contributed by atoms with Crippen LogP contribution in [-0.4, -0.2) is 24.7 Å². The van der Waals surface area contributed by atoms with E-state index in [1.54, 1.807) is 6.20 Å². The lowest BCUT2D eigenvalue weighted by atomic mass is 9.98. The van der Waals surface area contributed by atoms with Gasteiger partial charge in [-0.1, -0.05) is 0 Å². The number of likely N-dealkylation sites (N-methyl/N-ethyl adjacent to an activating group) is 1. The fraction of sp³-hybridized carbons (Fsp3) is 0.615. The summed E-state index contributed by atoms with van der Waals surface area (Å²) in [4.78, 5) is 4.16. The smallest absolute Gasteiger partial charge is 0.0798 e. The van der Waals surface area contributed by atoms with Crippen molar-refractivity contribution in [3.63, 3.8) is 0 Å². The highest BCUT2D eigenvalue weighted by molar-refractivity contribution is 5.46. The highest BCUT2D eigenvalue weighted by Gasteiger charge is 2.38. The number of nitrogens with one attached hydrogen (secondary N) is 1. The fourth-order valence-electron chi connectivity index (χ4n) is 2.30. The number of nitrogens with zero attached hydrogens (tertiary/aromatic N) is 1. The minimum absolute atomic E-state index is 0.135. The van der Waals surface area contributed by atoms with Gasteiger partial charge in [0.15, 0.2) is 0 Å². The molecule has 2 atom stereocenters. The molecule has 0 bridgehead atoms. The quantitative estimate of drug-likeness (QED) is 0.788.